The second-order valence-corrected chi connectivity index (χ2v) is 9.06. The van der Waals surface area contributed by atoms with Crippen LogP contribution in [0.3, 0.4) is 0 Å². The van der Waals surface area contributed by atoms with E-state index in [0.29, 0.717) is 18.5 Å². The van der Waals surface area contributed by atoms with Crippen LogP contribution in [0.25, 0.3) is 0 Å². The first-order valence-corrected chi connectivity index (χ1v) is 11.4. The summed E-state index contributed by atoms with van der Waals surface area (Å²) in [5.41, 5.74) is 1.23. The van der Waals surface area contributed by atoms with E-state index >= 15 is 0 Å². The number of aliphatic hydroxyl groups is 1. The van der Waals surface area contributed by atoms with Crippen molar-refractivity contribution in [1.82, 2.24) is 15.5 Å². The van der Waals surface area contributed by atoms with Crippen LogP contribution in [0.1, 0.15) is 45.4 Å². The highest BCUT2D eigenvalue weighted by Crippen LogP contribution is 2.39. The summed E-state index contributed by atoms with van der Waals surface area (Å²) < 4.78 is 5.21. The number of carbonyl (C=O) groups is 1. The van der Waals surface area contributed by atoms with E-state index < -0.39 is 0 Å². The lowest BCUT2D eigenvalue weighted by Gasteiger charge is -2.43. The maximum absolute atomic E-state index is 13.4. The van der Waals surface area contributed by atoms with E-state index in [2.05, 4.69) is 21.8 Å². The molecule has 1 aliphatic carbocycles. The predicted molar refractivity (Wildman–Crippen MR) is 116 cm³/mol. The number of aliphatic imine (C=N–C) groups is 2. The second kappa shape index (κ2) is 9.58. The highest BCUT2D eigenvalue weighted by molar-refractivity contribution is 6.03. The van der Waals surface area contributed by atoms with Gasteiger partial charge in [0, 0.05) is 31.6 Å². The summed E-state index contributed by atoms with van der Waals surface area (Å²) in [6.45, 7) is 4.48. The number of hydrogen-bond acceptors (Lipinski definition) is 7. The predicted octanol–water partition coefficient (Wildman–Crippen LogP) is 1.07. The number of carbonyl (C=O) groups excluding carboxylic acids is 1. The molecule has 166 valence electrons. The maximum Gasteiger partial charge on any atom is 0.237 e. The number of amides is 1. The van der Waals surface area contributed by atoms with Gasteiger partial charge >= 0.3 is 0 Å². The molecule has 0 aromatic rings. The van der Waals surface area contributed by atoms with Crippen LogP contribution in [0.15, 0.2) is 21.8 Å². The molecule has 1 amide bonds. The Balaban J connectivity index is 1.61. The van der Waals surface area contributed by atoms with Crippen LogP contribution >= 0.6 is 0 Å². The lowest BCUT2D eigenvalue weighted by Crippen LogP contribution is -2.53. The van der Waals surface area contributed by atoms with E-state index in [0.717, 1.165) is 51.6 Å². The van der Waals surface area contributed by atoms with Crippen molar-refractivity contribution in [2.75, 3.05) is 26.8 Å². The molecule has 4 rings (SSSR count). The number of ether oxygens (including phenoxy) is 1. The van der Waals surface area contributed by atoms with Crippen molar-refractivity contribution < 1.29 is 14.6 Å². The average Bonchev–Trinajstić information content (AvgIpc) is 2.75. The lowest BCUT2D eigenvalue weighted by molar-refractivity contribution is -0.134. The first-order chi connectivity index (χ1) is 14.6. The highest BCUT2D eigenvalue weighted by Gasteiger charge is 2.43. The third-order valence-electron chi connectivity index (χ3n) is 6.79. The van der Waals surface area contributed by atoms with Crippen molar-refractivity contribution in [3.63, 3.8) is 0 Å². The van der Waals surface area contributed by atoms with E-state index in [1.165, 1.54) is 5.57 Å². The fourth-order valence-corrected chi connectivity index (χ4v) is 5.14. The first-order valence-electron chi connectivity index (χ1n) is 11.4. The van der Waals surface area contributed by atoms with Gasteiger partial charge < -0.3 is 25.4 Å². The molecule has 8 nitrogen and oxygen atoms in total. The Morgan fingerprint density at radius 1 is 1.27 bits per heavy atom. The molecule has 0 bridgehead atoms. The van der Waals surface area contributed by atoms with Gasteiger partial charge in [0.05, 0.1) is 18.8 Å². The molecule has 3 heterocycles. The number of piperidine rings is 1. The standard InChI is InChI=1S/C22H35N5O3/c1-14(13-30-2)25-22-24-11-18-20(26-22)19(15-3-5-17(28)6-4-15)12-27(21(18)29)16-7-9-23-10-8-16/h11-12,14-18,20,23,28H,3-10,13H2,1-2H3,(H,25,26). The summed E-state index contributed by atoms with van der Waals surface area (Å²) in [5.74, 6) is 0.703. The van der Waals surface area contributed by atoms with E-state index in [4.69, 9.17) is 9.73 Å². The molecule has 30 heavy (non-hydrogen) atoms. The topological polar surface area (TPSA) is 98.5 Å². The zero-order valence-electron chi connectivity index (χ0n) is 18.1. The van der Waals surface area contributed by atoms with Crippen LogP contribution < -0.4 is 10.6 Å². The number of rotatable bonds is 5. The summed E-state index contributed by atoms with van der Waals surface area (Å²) >= 11 is 0. The molecule has 3 unspecified atom stereocenters. The normalized spacial score (nSPS) is 33.6. The molecule has 3 atom stereocenters. The number of aliphatic hydroxyl groups excluding tert-OH is 1. The van der Waals surface area contributed by atoms with Crippen molar-refractivity contribution in [1.29, 1.82) is 0 Å². The third-order valence-corrected chi connectivity index (χ3v) is 6.79. The average molecular weight is 418 g/mol. The maximum atomic E-state index is 13.4. The molecule has 1 saturated heterocycles. The van der Waals surface area contributed by atoms with E-state index in [9.17, 15) is 9.90 Å². The van der Waals surface area contributed by atoms with Gasteiger partial charge in [-0.15, -0.1) is 0 Å². The monoisotopic (exact) mass is 417 g/mol. The van der Waals surface area contributed by atoms with E-state index in [1.54, 1.807) is 13.3 Å². The minimum atomic E-state index is -0.338. The van der Waals surface area contributed by atoms with Gasteiger partial charge in [-0.25, -0.2) is 9.98 Å². The number of nitrogens with one attached hydrogen (secondary N) is 2. The van der Waals surface area contributed by atoms with Gasteiger partial charge in [-0.2, -0.15) is 0 Å². The largest absolute Gasteiger partial charge is 0.393 e. The van der Waals surface area contributed by atoms with Gasteiger partial charge in [0.1, 0.15) is 5.92 Å². The molecule has 3 N–H and O–H groups in total. The highest BCUT2D eigenvalue weighted by atomic mass is 16.5. The van der Waals surface area contributed by atoms with Crippen molar-refractivity contribution in [2.45, 2.75) is 69.7 Å². The molecule has 0 aromatic carbocycles. The minimum absolute atomic E-state index is 0.0882. The molecule has 2 fully saturated rings. The van der Waals surface area contributed by atoms with E-state index in [1.807, 2.05) is 11.8 Å². The first kappa shape index (κ1) is 21.5. The Labute approximate surface area is 178 Å². The van der Waals surface area contributed by atoms with Crippen molar-refractivity contribution >= 4 is 18.1 Å². The number of hydrogen-bond donors (Lipinski definition) is 3. The number of fused-ring (bicyclic) bond motifs is 1. The van der Waals surface area contributed by atoms with Crippen molar-refractivity contribution in [2.24, 2.45) is 21.8 Å². The summed E-state index contributed by atoms with van der Waals surface area (Å²) in [7, 11) is 1.67. The third kappa shape index (κ3) is 4.60. The van der Waals surface area contributed by atoms with Crippen LogP contribution in [0.4, 0.5) is 0 Å². The quantitative estimate of drug-likeness (QED) is 0.621. The number of nitrogens with zero attached hydrogens (tertiary/aromatic N) is 3. The van der Waals surface area contributed by atoms with Crippen LogP contribution in [-0.4, -0.2) is 79.1 Å². The molecule has 4 aliphatic rings. The molecule has 0 radical (unpaired) electrons. The zero-order chi connectivity index (χ0) is 21.1. The SMILES string of the molecule is COCC(C)NC1=NC2C(C3CCC(O)CC3)=CN(C3CCNCC3)C(=O)C2C=N1. The molecule has 1 saturated carbocycles. The van der Waals surface area contributed by atoms with Gasteiger partial charge in [0.15, 0.2) is 0 Å². The molecular formula is C22H35N5O3. The molecule has 0 spiro atoms. The lowest BCUT2D eigenvalue weighted by atomic mass is 9.75. The van der Waals surface area contributed by atoms with Gasteiger partial charge in [0.25, 0.3) is 0 Å². The van der Waals surface area contributed by atoms with E-state index in [-0.39, 0.29) is 36.1 Å². The fraction of sp³-hybridized carbons (Fsp3) is 0.773. The summed E-state index contributed by atoms with van der Waals surface area (Å²) in [4.78, 5) is 24.8. The molecule has 0 aromatic heterocycles. The Hall–Kier alpha value is -1.77. The molecule has 8 heteroatoms. The van der Waals surface area contributed by atoms with Crippen LogP contribution in [0.2, 0.25) is 0 Å². The van der Waals surface area contributed by atoms with Gasteiger partial charge in [-0.05, 0) is 70.0 Å². The Kier molecular flexibility index (Phi) is 6.85. The number of methoxy groups -OCH3 is 1. The molecule has 3 aliphatic heterocycles. The smallest absolute Gasteiger partial charge is 0.237 e. The second-order valence-electron chi connectivity index (χ2n) is 9.06. The Morgan fingerprint density at radius 2 is 2.00 bits per heavy atom. The number of guanidine groups is 1. The van der Waals surface area contributed by atoms with Crippen LogP contribution in [-0.2, 0) is 9.53 Å². The van der Waals surface area contributed by atoms with Crippen molar-refractivity contribution in [3.05, 3.63) is 11.8 Å². The van der Waals surface area contributed by atoms with Crippen molar-refractivity contribution in [3.8, 4) is 0 Å². The van der Waals surface area contributed by atoms with Crippen LogP contribution in [0, 0.1) is 11.8 Å². The Morgan fingerprint density at radius 3 is 2.70 bits per heavy atom. The van der Waals surface area contributed by atoms with Gasteiger partial charge in [-0.3, -0.25) is 4.79 Å². The Bertz CT molecular complexity index is 708. The minimum Gasteiger partial charge on any atom is -0.393 e. The molecular weight excluding hydrogens is 382 g/mol. The van der Waals surface area contributed by atoms with Crippen LogP contribution in [0.5, 0.6) is 0 Å². The summed E-state index contributed by atoms with van der Waals surface area (Å²) in [5, 5.41) is 16.7. The zero-order valence-corrected chi connectivity index (χ0v) is 18.1. The van der Waals surface area contributed by atoms with Gasteiger partial charge in [-0.1, -0.05) is 0 Å². The van der Waals surface area contributed by atoms with Gasteiger partial charge in [0.2, 0.25) is 11.9 Å². The summed E-state index contributed by atoms with van der Waals surface area (Å²) in [6, 6.07) is 0.123. The summed E-state index contributed by atoms with van der Waals surface area (Å²) in [6.07, 6.45) is 9.16. The fourth-order valence-electron chi connectivity index (χ4n) is 5.14.